The Labute approximate surface area is 122 Å². The van der Waals surface area contributed by atoms with Crippen molar-refractivity contribution < 1.29 is 31.3 Å². The molecular formula is C13H16ClOZr-. The molecule has 0 saturated heterocycles. The van der Waals surface area contributed by atoms with Gasteiger partial charge in [0.1, 0.15) is 0 Å². The molecule has 1 nitrogen and oxygen atoms in total. The monoisotopic (exact) mass is 313 g/mol. The van der Waals surface area contributed by atoms with Crippen LogP contribution in [0.3, 0.4) is 0 Å². The normalized spacial score (nSPS) is 13.1. The van der Waals surface area contributed by atoms with Crippen LogP contribution < -0.4 is 0 Å². The maximum Gasteiger partial charge on any atom is 0.0806 e. The molecule has 1 rings (SSSR count). The Kier molecular flexibility index (Phi) is 8.27. The van der Waals surface area contributed by atoms with Crippen molar-refractivity contribution in [3.63, 3.8) is 0 Å². The first-order valence-corrected chi connectivity index (χ1v) is 5.45. The van der Waals surface area contributed by atoms with E-state index in [1.807, 2.05) is 32.0 Å². The number of allylic oxidation sites excluding steroid dienone is 2. The minimum atomic E-state index is -0.484. The van der Waals surface area contributed by atoms with Crippen LogP contribution in [-0.4, -0.2) is 5.11 Å². The van der Waals surface area contributed by atoms with Gasteiger partial charge in [-0.1, -0.05) is 43.1 Å². The van der Waals surface area contributed by atoms with Crippen LogP contribution in [0.2, 0.25) is 5.02 Å². The number of hydrogen-bond donors (Lipinski definition) is 1. The molecule has 0 aliphatic rings. The van der Waals surface area contributed by atoms with Gasteiger partial charge in [0.15, 0.2) is 0 Å². The average molecular weight is 315 g/mol. The smallest absolute Gasteiger partial charge is 0.0806 e. The summed E-state index contributed by atoms with van der Waals surface area (Å²) in [6.07, 6.45) is 4.12. The molecule has 0 fully saturated rings. The summed E-state index contributed by atoms with van der Waals surface area (Å²) in [6.45, 7) is 3.90. The van der Waals surface area contributed by atoms with Gasteiger partial charge in [0.25, 0.3) is 0 Å². The van der Waals surface area contributed by atoms with Crippen molar-refractivity contribution >= 4 is 11.6 Å². The maximum absolute atomic E-state index is 9.92. The first kappa shape index (κ1) is 16.1. The fraction of sp³-hybridized carbons (Fsp3) is 0.385. The summed E-state index contributed by atoms with van der Waals surface area (Å²) in [6, 6.07) is 7.42. The maximum atomic E-state index is 9.92. The van der Waals surface area contributed by atoms with E-state index in [2.05, 4.69) is 6.08 Å². The van der Waals surface area contributed by atoms with Crippen molar-refractivity contribution in [2.45, 2.75) is 32.8 Å². The number of benzene rings is 1. The third-order valence-electron chi connectivity index (χ3n) is 2.48. The van der Waals surface area contributed by atoms with E-state index in [-0.39, 0.29) is 26.2 Å². The molecule has 1 N–H and O–H groups in total. The van der Waals surface area contributed by atoms with Crippen LogP contribution in [0.1, 0.15) is 38.4 Å². The third kappa shape index (κ3) is 4.95. The van der Waals surface area contributed by atoms with Crippen molar-refractivity contribution in [3.8, 4) is 0 Å². The van der Waals surface area contributed by atoms with Gasteiger partial charge in [0.05, 0.1) is 6.10 Å². The molecular weight excluding hydrogens is 299 g/mol. The van der Waals surface area contributed by atoms with Gasteiger partial charge in [-0.25, -0.2) is 0 Å². The van der Waals surface area contributed by atoms with Gasteiger partial charge < -0.3 is 11.2 Å². The van der Waals surface area contributed by atoms with Crippen molar-refractivity contribution in [2.24, 2.45) is 0 Å². The largest absolute Gasteiger partial charge is 0.501 e. The molecule has 1 unspecified atom stereocenters. The summed E-state index contributed by atoms with van der Waals surface area (Å²) >= 11 is 5.99. The zero-order chi connectivity index (χ0) is 11.3. The van der Waals surface area contributed by atoms with E-state index >= 15 is 0 Å². The van der Waals surface area contributed by atoms with Crippen LogP contribution in [-0.2, 0) is 26.2 Å². The molecule has 0 bridgehead atoms. The van der Waals surface area contributed by atoms with Crippen LogP contribution >= 0.6 is 11.6 Å². The van der Waals surface area contributed by atoms with E-state index in [0.29, 0.717) is 11.4 Å². The van der Waals surface area contributed by atoms with Crippen LogP contribution in [0.25, 0.3) is 0 Å². The zero-order valence-corrected chi connectivity index (χ0v) is 12.8. The van der Waals surface area contributed by atoms with Crippen molar-refractivity contribution in [3.05, 3.63) is 46.5 Å². The Bertz CT molecular complexity index is 350. The molecule has 0 saturated carbocycles. The van der Waals surface area contributed by atoms with Crippen molar-refractivity contribution in [1.29, 1.82) is 0 Å². The van der Waals surface area contributed by atoms with Crippen LogP contribution in [0.4, 0.5) is 0 Å². The molecule has 3 heteroatoms. The molecule has 0 aliphatic carbocycles. The molecule has 1 aromatic rings. The number of rotatable bonds is 4. The summed E-state index contributed by atoms with van der Waals surface area (Å²) < 4.78 is 0. The molecule has 0 aliphatic heterocycles. The van der Waals surface area contributed by atoms with Crippen LogP contribution in [0, 0.1) is 6.08 Å². The molecule has 16 heavy (non-hydrogen) atoms. The predicted molar refractivity (Wildman–Crippen MR) is 63.7 cm³/mol. The molecule has 0 heterocycles. The molecule has 0 aromatic heterocycles. The average Bonchev–Trinajstić information content (AvgIpc) is 2.26. The topological polar surface area (TPSA) is 20.2 Å². The van der Waals surface area contributed by atoms with Crippen LogP contribution in [0.15, 0.2) is 29.8 Å². The molecule has 0 radical (unpaired) electrons. The molecule has 1 aromatic carbocycles. The van der Waals surface area contributed by atoms with E-state index in [4.69, 9.17) is 11.6 Å². The predicted octanol–water partition coefficient (Wildman–Crippen LogP) is 3.92. The Morgan fingerprint density at radius 1 is 1.44 bits per heavy atom. The number of aliphatic hydroxyl groups is 1. The fourth-order valence-corrected chi connectivity index (χ4v) is 1.64. The Morgan fingerprint density at radius 3 is 2.62 bits per heavy atom. The first-order chi connectivity index (χ1) is 7.15. The number of aliphatic hydroxyl groups excluding tert-OH is 1. The van der Waals surface area contributed by atoms with Crippen LogP contribution in [0.5, 0.6) is 0 Å². The summed E-state index contributed by atoms with van der Waals surface area (Å²) in [7, 11) is 0. The van der Waals surface area contributed by atoms with Gasteiger partial charge in [-0.05, 0) is 18.1 Å². The molecule has 1 atom stereocenters. The minimum Gasteiger partial charge on any atom is -0.501 e. The van der Waals surface area contributed by atoms with Gasteiger partial charge in [-0.15, -0.1) is 0 Å². The second-order valence-corrected chi connectivity index (χ2v) is 4.01. The SMILES string of the molecule is C[C-]=C(C)CCC(O)c1ccccc1Cl.[Zr]. The van der Waals surface area contributed by atoms with Gasteiger partial charge in [-0.2, -0.15) is 6.92 Å². The van der Waals surface area contributed by atoms with Gasteiger partial charge in [-0.3, -0.25) is 5.57 Å². The van der Waals surface area contributed by atoms with Crippen molar-refractivity contribution in [1.82, 2.24) is 0 Å². The standard InChI is InChI=1S/C13H16ClO.Zr/c1-3-10(2)8-9-13(15)11-6-4-5-7-12(11)14;/h4-7,13,15H,8-9H2,1-2H3;/q-1;. The summed E-state index contributed by atoms with van der Waals surface area (Å²) in [5.41, 5.74) is 1.98. The van der Waals surface area contributed by atoms with Crippen molar-refractivity contribution in [2.75, 3.05) is 0 Å². The number of hydrogen-bond acceptors (Lipinski definition) is 1. The third-order valence-corrected chi connectivity index (χ3v) is 2.83. The second kappa shape index (κ2) is 8.22. The minimum absolute atomic E-state index is 0. The zero-order valence-electron chi connectivity index (χ0n) is 9.63. The van der Waals surface area contributed by atoms with Gasteiger partial charge in [0.2, 0.25) is 0 Å². The second-order valence-electron chi connectivity index (χ2n) is 3.61. The fourth-order valence-electron chi connectivity index (χ4n) is 1.38. The quantitative estimate of drug-likeness (QED) is 0.835. The summed E-state index contributed by atoms with van der Waals surface area (Å²) in [5, 5.41) is 10.6. The van der Waals surface area contributed by atoms with Gasteiger partial charge >= 0.3 is 0 Å². The summed E-state index contributed by atoms with van der Waals surface area (Å²) in [4.78, 5) is 0. The van der Waals surface area contributed by atoms with E-state index in [1.165, 1.54) is 5.57 Å². The first-order valence-electron chi connectivity index (χ1n) is 5.08. The Morgan fingerprint density at radius 2 is 2.06 bits per heavy atom. The molecule has 0 spiro atoms. The van der Waals surface area contributed by atoms with E-state index < -0.39 is 6.10 Å². The van der Waals surface area contributed by atoms with E-state index in [9.17, 15) is 5.11 Å². The Hall–Kier alpha value is 0.0931. The van der Waals surface area contributed by atoms with E-state index in [1.54, 1.807) is 6.07 Å². The van der Waals surface area contributed by atoms with Gasteiger partial charge in [0, 0.05) is 31.2 Å². The Balaban J connectivity index is 0.00000225. The van der Waals surface area contributed by atoms with E-state index in [0.717, 1.165) is 12.0 Å². The molecule has 86 valence electrons. The molecule has 0 amide bonds. The summed E-state index contributed by atoms with van der Waals surface area (Å²) in [5.74, 6) is 0. The number of halogens is 1.